The zero-order valence-electron chi connectivity index (χ0n) is 8.84. The average molecular weight is 379 g/mol. The molecule has 0 unspecified atom stereocenters. The van der Waals surface area contributed by atoms with Crippen LogP contribution in [0.15, 0.2) is 38.6 Å². The van der Waals surface area contributed by atoms with E-state index in [1.165, 1.54) is 10.9 Å². The minimum atomic E-state index is -0.205. The van der Waals surface area contributed by atoms with Gasteiger partial charge >= 0.3 is 0 Å². The van der Waals surface area contributed by atoms with E-state index in [1.54, 1.807) is 23.5 Å². The van der Waals surface area contributed by atoms with Gasteiger partial charge in [-0.3, -0.25) is 0 Å². The van der Waals surface area contributed by atoms with Crippen LogP contribution in [0.25, 0.3) is 0 Å². The molecule has 0 aliphatic carbocycles. The molecule has 90 valence electrons. The van der Waals surface area contributed by atoms with Gasteiger partial charge in [-0.2, -0.15) is 0 Å². The summed E-state index contributed by atoms with van der Waals surface area (Å²) in [5.74, 6) is -0.205. The lowest BCUT2D eigenvalue weighted by atomic mass is 10.2. The lowest BCUT2D eigenvalue weighted by Gasteiger charge is -2.06. The van der Waals surface area contributed by atoms with Crippen LogP contribution in [-0.4, -0.2) is 0 Å². The van der Waals surface area contributed by atoms with Crippen molar-refractivity contribution in [2.45, 2.75) is 13.1 Å². The molecule has 0 amide bonds. The zero-order chi connectivity index (χ0) is 12.3. The molecule has 0 aliphatic rings. The number of hydrogen-bond donors (Lipinski definition) is 1. The highest BCUT2D eigenvalue weighted by Crippen LogP contribution is 2.22. The van der Waals surface area contributed by atoms with E-state index in [9.17, 15) is 4.39 Å². The Morgan fingerprint density at radius 3 is 2.65 bits per heavy atom. The number of halogens is 3. The van der Waals surface area contributed by atoms with Gasteiger partial charge in [0.05, 0.1) is 3.79 Å². The van der Waals surface area contributed by atoms with Gasteiger partial charge in [-0.15, -0.1) is 11.3 Å². The van der Waals surface area contributed by atoms with Gasteiger partial charge in [0.1, 0.15) is 5.82 Å². The highest BCUT2D eigenvalue weighted by molar-refractivity contribution is 9.11. The minimum absolute atomic E-state index is 0.205. The Kier molecular flexibility index (Phi) is 4.73. The second kappa shape index (κ2) is 6.09. The lowest BCUT2D eigenvalue weighted by molar-refractivity contribution is 0.620. The average Bonchev–Trinajstić information content (AvgIpc) is 2.69. The van der Waals surface area contributed by atoms with E-state index in [0.29, 0.717) is 6.54 Å². The van der Waals surface area contributed by atoms with Crippen molar-refractivity contribution in [1.29, 1.82) is 0 Å². The maximum atomic E-state index is 13.0. The molecule has 0 radical (unpaired) electrons. The fraction of sp³-hybridized carbons (Fsp3) is 0.167. The number of nitrogens with one attached hydrogen (secondary N) is 1. The standard InChI is InChI=1S/C12H10Br2FNS/c13-11-3-1-9(15)5-8(11)6-16-7-10-2-4-12(14)17-10/h1-5,16H,6-7H2. The van der Waals surface area contributed by atoms with Crippen molar-refractivity contribution < 1.29 is 4.39 Å². The molecule has 17 heavy (non-hydrogen) atoms. The molecule has 0 fully saturated rings. The topological polar surface area (TPSA) is 12.0 Å². The summed E-state index contributed by atoms with van der Waals surface area (Å²) in [5, 5.41) is 3.29. The molecule has 5 heteroatoms. The molecule has 2 rings (SSSR count). The summed E-state index contributed by atoms with van der Waals surface area (Å²) in [5.41, 5.74) is 0.931. The molecule has 2 aromatic rings. The molecule has 0 atom stereocenters. The number of thiophene rings is 1. The van der Waals surface area contributed by atoms with Crippen molar-refractivity contribution in [3.05, 3.63) is 54.8 Å². The predicted molar refractivity (Wildman–Crippen MR) is 76.7 cm³/mol. The van der Waals surface area contributed by atoms with Crippen molar-refractivity contribution >= 4 is 43.2 Å². The molecule has 1 N–H and O–H groups in total. The summed E-state index contributed by atoms with van der Waals surface area (Å²) in [7, 11) is 0. The van der Waals surface area contributed by atoms with Crippen LogP contribution < -0.4 is 5.32 Å². The molecular weight excluding hydrogens is 369 g/mol. The van der Waals surface area contributed by atoms with E-state index in [-0.39, 0.29) is 5.82 Å². The third-order valence-electron chi connectivity index (χ3n) is 2.25. The van der Waals surface area contributed by atoms with Crippen LogP contribution in [0.3, 0.4) is 0 Å². The molecule has 0 bridgehead atoms. The van der Waals surface area contributed by atoms with Crippen LogP contribution in [0.5, 0.6) is 0 Å². The van der Waals surface area contributed by atoms with E-state index in [4.69, 9.17) is 0 Å². The van der Waals surface area contributed by atoms with E-state index in [2.05, 4.69) is 43.2 Å². The highest BCUT2D eigenvalue weighted by atomic mass is 79.9. The lowest BCUT2D eigenvalue weighted by Crippen LogP contribution is -2.12. The summed E-state index contributed by atoms with van der Waals surface area (Å²) in [6.07, 6.45) is 0. The smallest absolute Gasteiger partial charge is 0.123 e. The van der Waals surface area contributed by atoms with Crippen molar-refractivity contribution in [2.75, 3.05) is 0 Å². The first-order valence-electron chi connectivity index (χ1n) is 5.04. The summed E-state index contributed by atoms with van der Waals surface area (Å²) in [4.78, 5) is 1.25. The molecule has 1 heterocycles. The van der Waals surface area contributed by atoms with Crippen LogP contribution in [0.2, 0.25) is 0 Å². The van der Waals surface area contributed by atoms with E-state index < -0.39 is 0 Å². The van der Waals surface area contributed by atoms with Crippen molar-refractivity contribution in [2.24, 2.45) is 0 Å². The summed E-state index contributed by atoms with van der Waals surface area (Å²) < 4.78 is 15.1. The van der Waals surface area contributed by atoms with Crippen LogP contribution in [-0.2, 0) is 13.1 Å². The van der Waals surface area contributed by atoms with Gasteiger partial charge in [0.15, 0.2) is 0 Å². The Morgan fingerprint density at radius 1 is 1.12 bits per heavy atom. The zero-order valence-corrected chi connectivity index (χ0v) is 12.8. The van der Waals surface area contributed by atoms with E-state index in [1.807, 2.05) is 6.07 Å². The largest absolute Gasteiger partial charge is 0.308 e. The third-order valence-corrected chi connectivity index (χ3v) is 4.65. The fourth-order valence-corrected chi connectivity index (χ4v) is 3.29. The Balaban J connectivity index is 1.91. The monoisotopic (exact) mass is 377 g/mol. The molecule has 0 aliphatic heterocycles. The summed E-state index contributed by atoms with van der Waals surface area (Å²) in [6.45, 7) is 1.44. The van der Waals surface area contributed by atoms with Crippen LogP contribution in [0.4, 0.5) is 4.39 Å². The number of hydrogen-bond acceptors (Lipinski definition) is 2. The van der Waals surface area contributed by atoms with Gasteiger partial charge in [-0.1, -0.05) is 15.9 Å². The summed E-state index contributed by atoms with van der Waals surface area (Å²) in [6, 6.07) is 8.82. The first-order chi connectivity index (χ1) is 8.15. The first kappa shape index (κ1) is 13.2. The van der Waals surface area contributed by atoms with Crippen molar-refractivity contribution in [3.63, 3.8) is 0 Å². The van der Waals surface area contributed by atoms with Crippen LogP contribution >= 0.6 is 43.2 Å². The maximum Gasteiger partial charge on any atom is 0.123 e. The predicted octanol–water partition coefficient (Wildman–Crippen LogP) is 4.70. The van der Waals surface area contributed by atoms with Gasteiger partial charge in [0, 0.05) is 22.4 Å². The van der Waals surface area contributed by atoms with Gasteiger partial charge in [-0.05, 0) is 51.8 Å². The highest BCUT2D eigenvalue weighted by Gasteiger charge is 2.02. The Hall–Kier alpha value is -0.230. The summed E-state index contributed by atoms with van der Waals surface area (Å²) >= 11 is 8.53. The molecule has 0 saturated carbocycles. The van der Waals surface area contributed by atoms with E-state index in [0.717, 1.165) is 20.4 Å². The molecule has 0 saturated heterocycles. The quantitative estimate of drug-likeness (QED) is 0.812. The number of benzene rings is 1. The molecular formula is C12H10Br2FNS. The van der Waals surface area contributed by atoms with Crippen molar-refractivity contribution in [3.8, 4) is 0 Å². The molecule has 1 nitrogen and oxygen atoms in total. The Bertz CT molecular complexity index is 513. The molecule has 1 aromatic carbocycles. The first-order valence-corrected chi connectivity index (χ1v) is 7.44. The molecule has 0 spiro atoms. The van der Waals surface area contributed by atoms with Crippen LogP contribution in [0.1, 0.15) is 10.4 Å². The Morgan fingerprint density at radius 2 is 1.94 bits per heavy atom. The second-order valence-corrected chi connectivity index (χ2v) is 6.95. The van der Waals surface area contributed by atoms with E-state index >= 15 is 0 Å². The van der Waals surface area contributed by atoms with Gasteiger partial charge in [0.2, 0.25) is 0 Å². The van der Waals surface area contributed by atoms with Crippen LogP contribution in [0, 0.1) is 5.82 Å². The van der Waals surface area contributed by atoms with Crippen molar-refractivity contribution in [1.82, 2.24) is 5.32 Å². The van der Waals surface area contributed by atoms with Gasteiger partial charge in [-0.25, -0.2) is 4.39 Å². The SMILES string of the molecule is Fc1ccc(Br)c(CNCc2ccc(Br)s2)c1. The van der Waals surface area contributed by atoms with Gasteiger partial charge in [0.25, 0.3) is 0 Å². The van der Waals surface area contributed by atoms with Gasteiger partial charge < -0.3 is 5.32 Å². The minimum Gasteiger partial charge on any atom is -0.308 e. The fourth-order valence-electron chi connectivity index (χ4n) is 1.45. The maximum absolute atomic E-state index is 13.0. The molecule has 1 aromatic heterocycles. The Labute approximate surface area is 120 Å². The third kappa shape index (κ3) is 3.88. The second-order valence-electron chi connectivity index (χ2n) is 3.55. The number of rotatable bonds is 4. The normalized spacial score (nSPS) is 10.8.